The molecule has 0 aliphatic heterocycles. The van der Waals surface area contributed by atoms with Crippen molar-refractivity contribution in [3.8, 4) is 5.75 Å². The Morgan fingerprint density at radius 2 is 2.12 bits per heavy atom. The van der Waals surface area contributed by atoms with Crippen LogP contribution < -0.4 is 4.74 Å². The summed E-state index contributed by atoms with van der Waals surface area (Å²) in [6.45, 7) is 5.14. The summed E-state index contributed by atoms with van der Waals surface area (Å²) >= 11 is 3.37. The van der Waals surface area contributed by atoms with Crippen LogP contribution in [0.5, 0.6) is 5.75 Å². The first-order chi connectivity index (χ1) is 7.63. The van der Waals surface area contributed by atoms with E-state index in [1.165, 1.54) is 6.42 Å². The molecule has 0 aliphatic carbocycles. The zero-order valence-electron chi connectivity index (χ0n) is 9.87. The molecule has 0 bridgehead atoms. The van der Waals surface area contributed by atoms with E-state index in [1.54, 1.807) is 0 Å². The van der Waals surface area contributed by atoms with Crippen molar-refractivity contribution in [3.63, 3.8) is 0 Å². The highest BCUT2D eigenvalue weighted by molar-refractivity contribution is 9.10. The lowest BCUT2D eigenvalue weighted by Gasteiger charge is -2.11. The molecule has 0 spiro atoms. The Morgan fingerprint density at radius 1 is 1.38 bits per heavy atom. The Kier molecular flexibility index (Phi) is 5.85. The highest BCUT2D eigenvalue weighted by Crippen LogP contribution is 2.23. The molecule has 0 saturated heterocycles. The van der Waals surface area contributed by atoms with Crippen LogP contribution in [0.3, 0.4) is 0 Å². The fourth-order valence-corrected chi connectivity index (χ4v) is 1.89. The minimum Gasteiger partial charge on any atom is -0.493 e. The molecule has 0 unspecified atom stereocenters. The second-order valence-corrected chi connectivity index (χ2v) is 5.21. The highest BCUT2D eigenvalue weighted by atomic mass is 79.9. The molecule has 1 aromatic rings. The second kappa shape index (κ2) is 6.92. The SMILES string of the molecule is CC(C)CCCOc1ccc(Br)cc1CO. The molecule has 0 saturated carbocycles. The zero-order valence-corrected chi connectivity index (χ0v) is 11.5. The molecule has 0 fully saturated rings. The number of ether oxygens (including phenoxy) is 1. The maximum absolute atomic E-state index is 9.19. The molecular weight excluding hydrogens is 268 g/mol. The summed E-state index contributed by atoms with van der Waals surface area (Å²) < 4.78 is 6.62. The minimum atomic E-state index is 0.0129. The van der Waals surface area contributed by atoms with Crippen molar-refractivity contribution < 1.29 is 9.84 Å². The Labute approximate surface area is 106 Å². The predicted molar refractivity (Wildman–Crippen MR) is 69.6 cm³/mol. The van der Waals surface area contributed by atoms with Gasteiger partial charge in [0, 0.05) is 10.0 Å². The molecule has 1 aromatic carbocycles. The molecule has 0 amide bonds. The van der Waals surface area contributed by atoms with E-state index in [4.69, 9.17) is 4.74 Å². The van der Waals surface area contributed by atoms with E-state index >= 15 is 0 Å². The van der Waals surface area contributed by atoms with Crippen LogP contribution in [0.1, 0.15) is 32.3 Å². The maximum atomic E-state index is 9.19. The van der Waals surface area contributed by atoms with Crippen molar-refractivity contribution in [1.29, 1.82) is 0 Å². The summed E-state index contributed by atoms with van der Waals surface area (Å²) in [5.41, 5.74) is 0.832. The van der Waals surface area contributed by atoms with Gasteiger partial charge in [0.15, 0.2) is 0 Å². The number of hydrogen-bond acceptors (Lipinski definition) is 2. The molecule has 0 aliphatic rings. The van der Waals surface area contributed by atoms with Crippen molar-refractivity contribution in [2.75, 3.05) is 6.61 Å². The lowest BCUT2D eigenvalue weighted by molar-refractivity contribution is 0.258. The zero-order chi connectivity index (χ0) is 12.0. The van der Waals surface area contributed by atoms with Gasteiger partial charge in [0.1, 0.15) is 5.75 Å². The van der Waals surface area contributed by atoms with Gasteiger partial charge in [-0.05, 0) is 37.0 Å². The molecule has 0 atom stereocenters. The summed E-state index contributed by atoms with van der Waals surface area (Å²) in [5, 5.41) is 9.19. The Morgan fingerprint density at radius 3 is 2.75 bits per heavy atom. The fraction of sp³-hybridized carbons (Fsp3) is 0.538. The molecule has 90 valence electrons. The van der Waals surface area contributed by atoms with Gasteiger partial charge in [-0.25, -0.2) is 0 Å². The number of halogens is 1. The summed E-state index contributed by atoms with van der Waals surface area (Å²) in [6.07, 6.45) is 2.23. The van der Waals surface area contributed by atoms with E-state index in [9.17, 15) is 5.11 Å². The van der Waals surface area contributed by atoms with Gasteiger partial charge in [-0.2, -0.15) is 0 Å². The smallest absolute Gasteiger partial charge is 0.124 e. The largest absolute Gasteiger partial charge is 0.493 e. The summed E-state index contributed by atoms with van der Waals surface area (Å²) in [6, 6.07) is 5.71. The highest BCUT2D eigenvalue weighted by Gasteiger charge is 2.03. The van der Waals surface area contributed by atoms with Gasteiger partial charge < -0.3 is 9.84 Å². The molecule has 16 heavy (non-hydrogen) atoms. The number of aliphatic hydroxyl groups excluding tert-OH is 1. The van der Waals surface area contributed by atoms with Gasteiger partial charge in [-0.1, -0.05) is 29.8 Å². The van der Waals surface area contributed by atoms with Crippen molar-refractivity contribution in [2.24, 2.45) is 5.92 Å². The van der Waals surface area contributed by atoms with Gasteiger partial charge >= 0.3 is 0 Å². The van der Waals surface area contributed by atoms with Crippen LogP contribution in [0.4, 0.5) is 0 Å². The van der Waals surface area contributed by atoms with Crippen LogP contribution in [0.25, 0.3) is 0 Å². The molecular formula is C13H19BrO2. The van der Waals surface area contributed by atoms with Gasteiger partial charge in [0.05, 0.1) is 13.2 Å². The van der Waals surface area contributed by atoms with Crippen LogP contribution >= 0.6 is 15.9 Å². The molecule has 0 aromatic heterocycles. The summed E-state index contributed by atoms with van der Waals surface area (Å²) in [4.78, 5) is 0. The second-order valence-electron chi connectivity index (χ2n) is 4.29. The Bertz CT molecular complexity index is 324. The molecule has 1 N–H and O–H groups in total. The monoisotopic (exact) mass is 286 g/mol. The van der Waals surface area contributed by atoms with E-state index in [0.29, 0.717) is 12.5 Å². The van der Waals surface area contributed by atoms with E-state index in [2.05, 4.69) is 29.8 Å². The van der Waals surface area contributed by atoms with Crippen molar-refractivity contribution in [3.05, 3.63) is 28.2 Å². The summed E-state index contributed by atoms with van der Waals surface area (Å²) in [5.74, 6) is 1.50. The van der Waals surface area contributed by atoms with E-state index in [1.807, 2.05) is 18.2 Å². The fourth-order valence-electron chi connectivity index (χ4n) is 1.49. The maximum Gasteiger partial charge on any atom is 0.124 e. The van der Waals surface area contributed by atoms with Crippen molar-refractivity contribution >= 4 is 15.9 Å². The van der Waals surface area contributed by atoms with Gasteiger partial charge in [-0.15, -0.1) is 0 Å². The van der Waals surface area contributed by atoms with Crippen LogP contribution in [-0.2, 0) is 6.61 Å². The van der Waals surface area contributed by atoms with Crippen LogP contribution in [-0.4, -0.2) is 11.7 Å². The Balaban J connectivity index is 2.47. The summed E-state index contributed by atoms with van der Waals surface area (Å²) in [7, 11) is 0. The average Bonchev–Trinajstić information content (AvgIpc) is 2.25. The Hall–Kier alpha value is -0.540. The molecule has 1 rings (SSSR count). The third kappa shape index (κ3) is 4.54. The predicted octanol–water partition coefficient (Wildman–Crippen LogP) is 3.76. The number of aliphatic hydroxyl groups is 1. The average molecular weight is 287 g/mol. The number of rotatable bonds is 6. The lowest BCUT2D eigenvalue weighted by Crippen LogP contribution is -2.02. The standard InChI is InChI=1S/C13H19BrO2/c1-10(2)4-3-7-16-13-6-5-12(14)8-11(13)9-15/h5-6,8,10,15H,3-4,7,9H2,1-2H3. The molecule has 3 heteroatoms. The third-order valence-corrected chi connectivity index (χ3v) is 2.87. The molecule has 0 radical (unpaired) electrons. The molecule has 2 nitrogen and oxygen atoms in total. The number of hydrogen-bond donors (Lipinski definition) is 1. The van der Waals surface area contributed by atoms with Crippen LogP contribution in [0.2, 0.25) is 0 Å². The van der Waals surface area contributed by atoms with E-state index in [0.717, 1.165) is 22.2 Å². The van der Waals surface area contributed by atoms with Gasteiger partial charge in [-0.3, -0.25) is 0 Å². The lowest BCUT2D eigenvalue weighted by atomic mass is 10.1. The third-order valence-electron chi connectivity index (χ3n) is 2.38. The van der Waals surface area contributed by atoms with Crippen LogP contribution in [0, 0.1) is 5.92 Å². The molecule has 0 heterocycles. The topological polar surface area (TPSA) is 29.5 Å². The van der Waals surface area contributed by atoms with Crippen molar-refractivity contribution in [1.82, 2.24) is 0 Å². The first-order valence-corrected chi connectivity index (χ1v) is 6.45. The van der Waals surface area contributed by atoms with Crippen LogP contribution in [0.15, 0.2) is 22.7 Å². The van der Waals surface area contributed by atoms with E-state index < -0.39 is 0 Å². The van der Waals surface area contributed by atoms with E-state index in [-0.39, 0.29) is 6.61 Å². The first-order valence-electron chi connectivity index (χ1n) is 5.65. The normalized spacial score (nSPS) is 10.8. The number of benzene rings is 1. The first kappa shape index (κ1) is 13.5. The van der Waals surface area contributed by atoms with Gasteiger partial charge in [0.25, 0.3) is 0 Å². The minimum absolute atomic E-state index is 0.0129. The van der Waals surface area contributed by atoms with Gasteiger partial charge in [0.2, 0.25) is 0 Å². The quantitative estimate of drug-likeness (QED) is 0.807. The van der Waals surface area contributed by atoms with Crippen molar-refractivity contribution in [2.45, 2.75) is 33.3 Å².